The molecule has 4 aromatic rings. The summed E-state index contributed by atoms with van der Waals surface area (Å²) in [5, 5.41) is -0.0953. The summed E-state index contributed by atoms with van der Waals surface area (Å²) in [7, 11) is -4.44. The van der Waals surface area contributed by atoms with Crippen molar-refractivity contribution in [1.82, 2.24) is 9.97 Å². The summed E-state index contributed by atoms with van der Waals surface area (Å²) < 4.78 is 33.1. The average Bonchev–Trinajstić information content (AvgIpc) is 2.66. The topological polar surface area (TPSA) is 120 Å². The maximum Gasteiger partial charge on any atom is 0.272 e. The molecular formula is C20H14N2O5S. The monoisotopic (exact) mass is 394 g/mol. The molecule has 1 aliphatic carbocycles. The lowest BCUT2D eigenvalue weighted by molar-refractivity contribution is 0.468. The minimum Gasteiger partial charge on any atom is -0.355 e. The van der Waals surface area contributed by atoms with Crippen LogP contribution in [0.15, 0.2) is 52.1 Å². The van der Waals surface area contributed by atoms with Crippen molar-refractivity contribution in [2.45, 2.75) is 11.7 Å². The Morgan fingerprint density at radius 3 is 2.32 bits per heavy atom. The third kappa shape index (κ3) is 2.35. The van der Waals surface area contributed by atoms with Crippen molar-refractivity contribution in [3.63, 3.8) is 0 Å². The number of H-pyrrole nitrogens is 2. The summed E-state index contributed by atoms with van der Waals surface area (Å²) in [5.41, 5.74) is 1.26. The molecule has 5 rings (SSSR count). The van der Waals surface area contributed by atoms with Crippen LogP contribution in [0.4, 0.5) is 0 Å². The fourth-order valence-electron chi connectivity index (χ4n) is 3.89. The van der Waals surface area contributed by atoms with Crippen LogP contribution in [-0.2, 0) is 10.1 Å². The van der Waals surface area contributed by atoms with Crippen molar-refractivity contribution in [3.8, 4) is 0 Å². The maximum absolute atomic E-state index is 13.1. The summed E-state index contributed by atoms with van der Waals surface area (Å²) in [6, 6.07) is 10.2. The molecule has 7 nitrogen and oxygen atoms in total. The second-order valence-electron chi connectivity index (χ2n) is 6.87. The Morgan fingerprint density at radius 2 is 1.57 bits per heavy atom. The Balaban J connectivity index is 1.93. The molecule has 2 aromatic carbocycles. The first-order chi connectivity index (χ1) is 13.3. The molecule has 8 heteroatoms. The number of hydrogen-bond acceptors (Lipinski definition) is 4. The van der Waals surface area contributed by atoms with Gasteiger partial charge in [0.1, 0.15) is 5.25 Å². The third-order valence-electron chi connectivity index (χ3n) is 5.21. The number of aromatic nitrogens is 2. The molecule has 0 fully saturated rings. The van der Waals surface area contributed by atoms with Crippen LogP contribution in [0.25, 0.3) is 38.8 Å². The van der Waals surface area contributed by atoms with Crippen molar-refractivity contribution >= 4 is 48.9 Å². The van der Waals surface area contributed by atoms with Crippen LogP contribution in [-0.4, -0.2) is 22.9 Å². The Hall–Kier alpha value is -3.23. The molecule has 0 bridgehead atoms. The molecule has 1 atom stereocenters. The van der Waals surface area contributed by atoms with Gasteiger partial charge >= 0.3 is 0 Å². The Bertz CT molecular complexity index is 1560. The molecule has 0 aliphatic heterocycles. The number of allylic oxidation sites excluding steroid dienone is 1. The molecule has 0 radical (unpaired) electrons. The van der Waals surface area contributed by atoms with Gasteiger partial charge in [0, 0.05) is 32.9 Å². The highest BCUT2D eigenvalue weighted by Gasteiger charge is 2.31. The second kappa shape index (κ2) is 5.63. The van der Waals surface area contributed by atoms with Crippen LogP contribution in [0, 0.1) is 0 Å². The summed E-state index contributed by atoms with van der Waals surface area (Å²) in [6.45, 7) is 0. The van der Waals surface area contributed by atoms with E-state index < -0.39 is 20.8 Å². The molecule has 0 saturated heterocycles. The van der Waals surface area contributed by atoms with E-state index in [9.17, 15) is 22.6 Å². The Morgan fingerprint density at radius 1 is 0.893 bits per heavy atom. The second-order valence-corrected chi connectivity index (χ2v) is 8.47. The van der Waals surface area contributed by atoms with E-state index in [0.29, 0.717) is 33.0 Å². The first kappa shape index (κ1) is 16.9. The highest BCUT2D eigenvalue weighted by atomic mass is 32.2. The fraction of sp³-hybridized carbons (Fsp3) is 0.100. The number of fused-ring (bicyclic) bond motifs is 4. The van der Waals surface area contributed by atoms with Gasteiger partial charge in [-0.15, -0.1) is 0 Å². The molecule has 140 valence electrons. The van der Waals surface area contributed by atoms with Crippen molar-refractivity contribution < 1.29 is 13.0 Å². The zero-order valence-electron chi connectivity index (χ0n) is 14.4. The zero-order valence-corrected chi connectivity index (χ0v) is 15.2. The molecule has 2 heterocycles. The Kier molecular flexibility index (Phi) is 3.40. The quantitative estimate of drug-likeness (QED) is 0.339. The first-order valence-corrected chi connectivity index (χ1v) is 10.1. The standard InChI is InChI=1S/C20H14N2O5S/c23-19-10-4-1-2-5-13(10)21-15-9-12-16(8-11(15)19)22-14-6-3-7-17(28(25,26)27)18(14)20(12)24/h1-6,8-9,17H,7H2,(H,21,23)(H,22,24)(H,25,26,27). The van der Waals surface area contributed by atoms with Gasteiger partial charge in [-0.2, -0.15) is 8.42 Å². The predicted octanol–water partition coefficient (Wildman–Crippen LogP) is 2.87. The summed E-state index contributed by atoms with van der Waals surface area (Å²) >= 11 is 0. The zero-order chi connectivity index (χ0) is 19.6. The normalized spacial score (nSPS) is 16.7. The van der Waals surface area contributed by atoms with E-state index in [4.69, 9.17) is 0 Å². The third-order valence-corrected chi connectivity index (χ3v) is 6.36. The van der Waals surface area contributed by atoms with Crippen molar-refractivity contribution in [3.05, 3.63) is 74.2 Å². The number of aromatic amines is 2. The molecule has 3 N–H and O–H groups in total. The molecule has 2 aromatic heterocycles. The minimum atomic E-state index is -4.44. The summed E-state index contributed by atoms with van der Waals surface area (Å²) in [4.78, 5) is 32.2. The van der Waals surface area contributed by atoms with E-state index in [1.54, 1.807) is 48.6 Å². The molecule has 0 amide bonds. The van der Waals surface area contributed by atoms with E-state index in [0.717, 1.165) is 0 Å². The van der Waals surface area contributed by atoms with Crippen LogP contribution < -0.4 is 10.9 Å². The van der Waals surface area contributed by atoms with Gasteiger partial charge in [-0.05, 0) is 36.8 Å². The van der Waals surface area contributed by atoms with Crippen LogP contribution >= 0.6 is 0 Å². The van der Waals surface area contributed by atoms with Gasteiger partial charge in [-0.25, -0.2) is 0 Å². The molecule has 0 saturated carbocycles. The molecule has 28 heavy (non-hydrogen) atoms. The number of benzene rings is 2. The van der Waals surface area contributed by atoms with Crippen LogP contribution in [0.1, 0.15) is 22.9 Å². The van der Waals surface area contributed by atoms with Gasteiger partial charge in [-0.3, -0.25) is 14.1 Å². The highest BCUT2D eigenvalue weighted by molar-refractivity contribution is 7.86. The summed E-state index contributed by atoms with van der Waals surface area (Å²) in [5.74, 6) is 0. The highest BCUT2D eigenvalue weighted by Crippen LogP contribution is 2.32. The van der Waals surface area contributed by atoms with Gasteiger partial charge in [0.15, 0.2) is 10.9 Å². The fourth-order valence-corrected chi connectivity index (χ4v) is 4.78. The van der Waals surface area contributed by atoms with Gasteiger partial charge in [0.2, 0.25) is 0 Å². The van der Waals surface area contributed by atoms with E-state index in [1.807, 2.05) is 0 Å². The van der Waals surface area contributed by atoms with Crippen molar-refractivity contribution in [1.29, 1.82) is 0 Å². The lowest BCUT2D eigenvalue weighted by Crippen LogP contribution is -2.24. The maximum atomic E-state index is 13.1. The smallest absolute Gasteiger partial charge is 0.272 e. The lowest BCUT2D eigenvalue weighted by Gasteiger charge is -2.19. The summed E-state index contributed by atoms with van der Waals surface area (Å²) in [6.07, 6.45) is 3.23. The minimum absolute atomic E-state index is 0.0139. The van der Waals surface area contributed by atoms with E-state index >= 15 is 0 Å². The largest absolute Gasteiger partial charge is 0.355 e. The number of nitrogens with one attached hydrogen (secondary N) is 2. The first-order valence-electron chi connectivity index (χ1n) is 8.62. The van der Waals surface area contributed by atoms with Gasteiger partial charge < -0.3 is 9.97 Å². The van der Waals surface area contributed by atoms with E-state index in [1.165, 1.54) is 0 Å². The van der Waals surface area contributed by atoms with Crippen LogP contribution in [0.3, 0.4) is 0 Å². The number of hydrogen-bond donors (Lipinski definition) is 3. The SMILES string of the molecule is O=c1c2c([nH]c3cc4c(=O)c5ccccc5[nH]c4cc13)C=CCC2S(=O)(=O)O. The van der Waals surface area contributed by atoms with Crippen LogP contribution in [0.2, 0.25) is 0 Å². The number of pyridine rings is 2. The number of para-hydroxylation sites is 1. The van der Waals surface area contributed by atoms with Crippen molar-refractivity contribution in [2.75, 3.05) is 0 Å². The molecule has 1 unspecified atom stereocenters. The Labute approximate surface area is 158 Å². The van der Waals surface area contributed by atoms with Crippen LogP contribution in [0.5, 0.6) is 0 Å². The van der Waals surface area contributed by atoms with Gasteiger partial charge in [0.25, 0.3) is 10.1 Å². The van der Waals surface area contributed by atoms with E-state index in [2.05, 4.69) is 9.97 Å². The van der Waals surface area contributed by atoms with E-state index in [-0.39, 0.29) is 22.8 Å². The van der Waals surface area contributed by atoms with Crippen molar-refractivity contribution in [2.24, 2.45) is 0 Å². The molecular weight excluding hydrogens is 380 g/mol. The van der Waals surface area contributed by atoms with Gasteiger partial charge in [0.05, 0.1) is 11.0 Å². The number of rotatable bonds is 1. The predicted molar refractivity (Wildman–Crippen MR) is 108 cm³/mol. The molecule has 0 spiro atoms. The van der Waals surface area contributed by atoms with Gasteiger partial charge in [-0.1, -0.05) is 18.2 Å². The average molecular weight is 394 g/mol. The lowest BCUT2D eigenvalue weighted by atomic mass is 9.98. The molecule has 1 aliphatic rings.